The van der Waals surface area contributed by atoms with Crippen LogP contribution in [0.5, 0.6) is 0 Å². The number of hydrogen-bond acceptors (Lipinski definition) is 4. The molecule has 0 radical (unpaired) electrons. The Morgan fingerprint density at radius 1 is 1.25 bits per heavy atom. The Bertz CT molecular complexity index is 355. The molecule has 20 heavy (non-hydrogen) atoms. The second kappa shape index (κ2) is 6.43. The molecule has 0 aromatic carbocycles. The van der Waals surface area contributed by atoms with Gasteiger partial charge in [-0.25, -0.2) is 4.79 Å². The molecular formula is C14H25NO5. The molecule has 1 saturated carbocycles. The molecule has 1 rings (SSSR count). The molecule has 1 unspecified atom stereocenters. The fourth-order valence-corrected chi connectivity index (χ4v) is 2.59. The van der Waals surface area contributed by atoms with Crippen LogP contribution in [-0.2, 0) is 9.53 Å². The molecule has 6 heteroatoms. The molecule has 0 spiro atoms. The van der Waals surface area contributed by atoms with E-state index in [2.05, 4.69) is 5.32 Å². The van der Waals surface area contributed by atoms with E-state index in [1.165, 1.54) is 0 Å². The van der Waals surface area contributed by atoms with Crippen molar-refractivity contribution in [1.29, 1.82) is 0 Å². The molecule has 116 valence electrons. The van der Waals surface area contributed by atoms with Crippen LogP contribution in [0.15, 0.2) is 0 Å². The smallest absolute Gasteiger partial charge is 0.408 e. The molecule has 0 aromatic rings. The molecule has 1 aliphatic carbocycles. The summed E-state index contributed by atoms with van der Waals surface area (Å²) in [6, 6.07) is 0. The summed E-state index contributed by atoms with van der Waals surface area (Å²) in [6.07, 6.45) is 1.78. The van der Waals surface area contributed by atoms with E-state index >= 15 is 0 Å². The highest BCUT2D eigenvalue weighted by Crippen LogP contribution is 2.32. The summed E-state index contributed by atoms with van der Waals surface area (Å²) in [7, 11) is 0. The van der Waals surface area contributed by atoms with Gasteiger partial charge in [-0.3, -0.25) is 4.79 Å². The maximum atomic E-state index is 11.9. The lowest BCUT2D eigenvalue weighted by molar-refractivity contribution is -0.141. The van der Waals surface area contributed by atoms with Crippen molar-refractivity contribution >= 4 is 12.1 Å². The fourth-order valence-electron chi connectivity index (χ4n) is 2.59. The Morgan fingerprint density at radius 2 is 1.80 bits per heavy atom. The number of aliphatic hydroxyl groups is 1. The number of aliphatic hydroxyl groups excluding tert-OH is 1. The molecule has 0 aliphatic heterocycles. The highest BCUT2D eigenvalue weighted by Gasteiger charge is 2.42. The van der Waals surface area contributed by atoms with Gasteiger partial charge in [0.15, 0.2) is 0 Å². The lowest BCUT2D eigenvalue weighted by Crippen LogP contribution is -2.58. The van der Waals surface area contributed by atoms with Gasteiger partial charge in [-0.15, -0.1) is 0 Å². The molecule has 1 amide bonds. The maximum Gasteiger partial charge on any atom is 0.408 e. The molecular weight excluding hydrogens is 262 g/mol. The molecule has 6 nitrogen and oxygen atoms in total. The number of carbonyl (C=O) groups excluding carboxylic acids is 1. The molecule has 1 atom stereocenters. The Kier molecular flexibility index (Phi) is 5.39. The third-order valence-electron chi connectivity index (χ3n) is 3.50. The van der Waals surface area contributed by atoms with E-state index in [-0.39, 0.29) is 6.42 Å². The number of ether oxygens (including phenoxy) is 1. The minimum Gasteiger partial charge on any atom is -0.481 e. The average molecular weight is 287 g/mol. The van der Waals surface area contributed by atoms with Crippen molar-refractivity contribution in [2.75, 3.05) is 0 Å². The first-order valence-electron chi connectivity index (χ1n) is 7.06. The number of alkyl carbamates (subject to hydrolysis) is 1. The van der Waals surface area contributed by atoms with E-state index in [4.69, 9.17) is 9.84 Å². The van der Waals surface area contributed by atoms with Crippen LogP contribution in [0.1, 0.15) is 59.3 Å². The lowest BCUT2D eigenvalue weighted by Gasteiger charge is -2.41. The largest absolute Gasteiger partial charge is 0.481 e. The van der Waals surface area contributed by atoms with Crippen molar-refractivity contribution in [1.82, 2.24) is 5.32 Å². The van der Waals surface area contributed by atoms with Gasteiger partial charge in [-0.1, -0.05) is 19.3 Å². The summed E-state index contributed by atoms with van der Waals surface area (Å²) in [5, 5.41) is 21.8. The van der Waals surface area contributed by atoms with Crippen molar-refractivity contribution in [2.24, 2.45) is 0 Å². The second-order valence-corrected chi connectivity index (χ2v) is 6.46. The highest BCUT2D eigenvalue weighted by atomic mass is 16.6. The normalized spacial score (nSPS) is 20.0. The van der Waals surface area contributed by atoms with E-state index in [9.17, 15) is 14.7 Å². The Balaban J connectivity index is 2.78. The van der Waals surface area contributed by atoms with Crippen molar-refractivity contribution < 1.29 is 24.5 Å². The zero-order valence-electron chi connectivity index (χ0n) is 12.4. The van der Waals surface area contributed by atoms with Crippen molar-refractivity contribution in [3.05, 3.63) is 0 Å². The SMILES string of the molecule is CC(C)(C)OC(=O)NC1(C(O)CC(=O)O)CCCCC1. The third kappa shape index (κ3) is 5.00. The Hall–Kier alpha value is -1.30. The van der Waals surface area contributed by atoms with E-state index < -0.39 is 29.3 Å². The summed E-state index contributed by atoms with van der Waals surface area (Å²) in [4.78, 5) is 22.7. The van der Waals surface area contributed by atoms with Crippen LogP contribution in [0.2, 0.25) is 0 Å². The first-order chi connectivity index (χ1) is 9.15. The molecule has 0 saturated heterocycles. The van der Waals surface area contributed by atoms with Crippen LogP contribution in [0, 0.1) is 0 Å². The van der Waals surface area contributed by atoms with Gasteiger partial charge in [-0.05, 0) is 33.6 Å². The standard InChI is InChI=1S/C14H25NO5/c1-13(2,3)20-12(19)15-14(7-5-4-6-8-14)10(16)9-11(17)18/h10,16H,4-9H2,1-3H3,(H,15,19)(H,17,18). The quantitative estimate of drug-likeness (QED) is 0.735. The average Bonchev–Trinajstić information content (AvgIpc) is 2.26. The van der Waals surface area contributed by atoms with Gasteiger partial charge in [0.25, 0.3) is 0 Å². The topological polar surface area (TPSA) is 95.9 Å². The van der Waals surface area contributed by atoms with Crippen molar-refractivity contribution in [2.45, 2.75) is 76.5 Å². The van der Waals surface area contributed by atoms with Crippen LogP contribution < -0.4 is 5.32 Å². The molecule has 0 bridgehead atoms. The summed E-state index contributed by atoms with van der Waals surface area (Å²) < 4.78 is 5.21. The third-order valence-corrected chi connectivity index (χ3v) is 3.50. The van der Waals surface area contributed by atoms with E-state index in [0.717, 1.165) is 19.3 Å². The monoisotopic (exact) mass is 287 g/mol. The molecule has 1 aliphatic rings. The second-order valence-electron chi connectivity index (χ2n) is 6.46. The van der Waals surface area contributed by atoms with E-state index in [1.54, 1.807) is 20.8 Å². The number of aliphatic carboxylic acids is 1. The van der Waals surface area contributed by atoms with Crippen LogP contribution in [0.4, 0.5) is 4.79 Å². The van der Waals surface area contributed by atoms with Crippen molar-refractivity contribution in [3.63, 3.8) is 0 Å². The molecule has 0 heterocycles. The lowest BCUT2D eigenvalue weighted by atomic mass is 9.76. The number of carboxylic acid groups (broad SMARTS) is 1. The van der Waals surface area contributed by atoms with Crippen LogP contribution >= 0.6 is 0 Å². The number of carboxylic acids is 1. The van der Waals surface area contributed by atoms with Crippen LogP contribution in [0.25, 0.3) is 0 Å². The molecule has 3 N–H and O–H groups in total. The van der Waals surface area contributed by atoms with Gasteiger partial charge < -0.3 is 20.3 Å². The highest BCUT2D eigenvalue weighted by molar-refractivity contribution is 5.70. The maximum absolute atomic E-state index is 11.9. The zero-order chi connectivity index (χ0) is 15.4. The minimum absolute atomic E-state index is 0.379. The van der Waals surface area contributed by atoms with Gasteiger partial charge in [0.1, 0.15) is 5.60 Å². The van der Waals surface area contributed by atoms with Crippen LogP contribution in [0.3, 0.4) is 0 Å². The molecule has 1 fully saturated rings. The Labute approximate surface area is 119 Å². The zero-order valence-corrected chi connectivity index (χ0v) is 12.4. The summed E-state index contributed by atoms with van der Waals surface area (Å²) in [6.45, 7) is 5.27. The van der Waals surface area contributed by atoms with Gasteiger partial charge in [0, 0.05) is 0 Å². The first-order valence-corrected chi connectivity index (χ1v) is 7.06. The minimum atomic E-state index is -1.10. The fraction of sp³-hybridized carbons (Fsp3) is 0.857. The van der Waals surface area contributed by atoms with E-state index in [0.29, 0.717) is 12.8 Å². The van der Waals surface area contributed by atoms with Gasteiger partial charge in [0.2, 0.25) is 0 Å². The van der Waals surface area contributed by atoms with Gasteiger partial charge >= 0.3 is 12.1 Å². The van der Waals surface area contributed by atoms with E-state index in [1.807, 2.05) is 0 Å². The van der Waals surface area contributed by atoms with Gasteiger partial charge in [0.05, 0.1) is 18.1 Å². The number of carbonyl (C=O) groups is 2. The predicted octanol–water partition coefficient (Wildman–Crippen LogP) is 2.05. The summed E-state index contributed by atoms with van der Waals surface area (Å²) in [5.41, 5.74) is -1.52. The number of amides is 1. The summed E-state index contributed by atoms with van der Waals surface area (Å²) >= 11 is 0. The number of nitrogens with one attached hydrogen (secondary N) is 1. The van der Waals surface area contributed by atoms with Crippen LogP contribution in [-0.4, -0.2) is 39.5 Å². The van der Waals surface area contributed by atoms with Gasteiger partial charge in [-0.2, -0.15) is 0 Å². The molecule has 0 aromatic heterocycles. The number of rotatable bonds is 4. The Morgan fingerprint density at radius 3 is 2.25 bits per heavy atom. The van der Waals surface area contributed by atoms with Crippen molar-refractivity contribution in [3.8, 4) is 0 Å². The summed E-state index contributed by atoms with van der Waals surface area (Å²) in [5.74, 6) is -1.08. The predicted molar refractivity (Wildman–Crippen MR) is 73.4 cm³/mol. The number of hydrogen-bond donors (Lipinski definition) is 3. The first kappa shape index (κ1) is 16.8.